The largest absolute Gasteiger partial charge is 0.495 e. The van der Waals surface area contributed by atoms with E-state index in [1.165, 1.54) is 13.3 Å². The Morgan fingerprint density at radius 2 is 2.12 bits per heavy atom. The first kappa shape index (κ1) is 19.5. The topological polar surface area (TPSA) is 74.1 Å². The third kappa shape index (κ3) is 5.64. The van der Waals surface area contributed by atoms with Gasteiger partial charge in [-0.25, -0.2) is 0 Å². The lowest BCUT2D eigenvalue weighted by atomic mass is 10.1. The summed E-state index contributed by atoms with van der Waals surface area (Å²) in [5.74, 6) is 0.0650. The predicted molar refractivity (Wildman–Crippen MR) is 106 cm³/mol. The number of methoxy groups -OCH3 is 1. The zero-order chi connectivity index (χ0) is 18.9. The minimum atomic E-state index is -0.480. The molecule has 0 atom stereocenters. The molecule has 6 heteroatoms. The fraction of sp³-hybridized carbons (Fsp3) is 0.200. The smallest absolute Gasteiger partial charge is 0.267 e. The Morgan fingerprint density at radius 1 is 1.31 bits per heavy atom. The molecule has 2 N–H and O–H groups in total. The molecule has 0 aromatic heterocycles. The molecule has 0 aliphatic heterocycles. The van der Waals surface area contributed by atoms with Gasteiger partial charge in [0.1, 0.15) is 17.4 Å². The molecule has 134 valence electrons. The van der Waals surface area contributed by atoms with Crippen LogP contribution in [0.3, 0.4) is 0 Å². The van der Waals surface area contributed by atoms with E-state index >= 15 is 0 Å². The summed E-state index contributed by atoms with van der Waals surface area (Å²) in [7, 11) is 1.53. The SMILES string of the molecule is COc1ccc(C)cc1NC(=O)/C(C#N)=C\NCCc1cccc(Br)c1. The number of nitrogens with one attached hydrogen (secondary N) is 2. The van der Waals surface area contributed by atoms with Crippen LogP contribution < -0.4 is 15.4 Å². The molecule has 0 saturated heterocycles. The number of hydrogen-bond acceptors (Lipinski definition) is 4. The lowest BCUT2D eigenvalue weighted by Gasteiger charge is -2.10. The van der Waals surface area contributed by atoms with Crippen LogP contribution in [0.5, 0.6) is 5.75 Å². The van der Waals surface area contributed by atoms with Gasteiger partial charge >= 0.3 is 0 Å². The first-order valence-electron chi connectivity index (χ1n) is 8.07. The van der Waals surface area contributed by atoms with Gasteiger partial charge in [0.05, 0.1) is 12.8 Å². The van der Waals surface area contributed by atoms with Gasteiger partial charge in [0.2, 0.25) is 0 Å². The molecule has 0 spiro atoms. The van der Waals surface area contributed by atoms with Crippen LogP contribution in [0.4, 0.5) is 5.69 Å². The van der Waals surface area contributed by atoms with Crippen molar-refractivity contribution in [2.24, 2.45) is 0 Å². The van der Waals surface area contributed by atoms with Gasteiger partial charge in [-0.05, 0) is 48.7 Å². The summed E-state index contributed by atoms with van der Waals surface area (Å²) in [5.41, 5.74) is 2.68. The molecule has 0 aliphatic rings. The Balaban J connectivity index is 1.97. The monoisotopic (exact) mass is 413 g/mol. The summed E-state index contributed by atoms with van der Waals surface area (Å²) in [5, 5.41) is 15.0. The van der Waals surface area contributed by atoms with Crippen molar-refractivity contribution < 1.29 is 9.53 Å². The molecular weight excluding hydrogens is 394 g/mol. The summed E-state index contributed by atoms with van der Waals surface area (Å²) in [6.07, 6.45) is 2.22. The number of anilines is 1. The van der Waals surface area contributed by atoms with E-state index in [9.17, 15) is 10.1 Å². The quantitative estimate of drug-likeness (QED) is 0.409. The van der Waals surface area contributed by atoms with E-state index in [1.807, 2.05) is 43.3 Å². The highest BCUT2D eigenvalue weighted by Crippen LogP contribution is 2.25. The van der Waals surface area contributed by atoms with E-state index in [-0.39, 0.29) is 5.57 Å². The number of benzene rings is 2. The average molecular weight is 414 g/mol. The molecule has 0 radical (unpaired) electrons. The highest BCUT2D eigenvalue weighted by atomic mass is 79.9. The number of carbonyl (C=O) groups is 1. The molecule has 0 fully saturated rings. The molecule has 0 unspecified atom stereocenters. The van der Waals surface area contributed by atoms with Crippen LogP contribution >= 0.6 is 15.9 Å². The Hall–Kier alpha value is -2.78. The Morgan fingerprint density at radius 3 is 2.81 bits per heavy atom. The Bertz CT molecular complexity index is 856. The number of rotatable bonds is 7. The van der Waals surface area contributed by atoms with Crippen LogP contribution in [0, 0.1) is 18.3 Å². The second kappa shape index (κ2) is 9.64. The molecule has 2 aromatic carbocycles. The lowest BCUT2D eigenvalue weighted by molar-refractivity contribution is -0.112. The number of nitriles is 1. The Labute approximate surface area is 161 Å². The fourth-order valence-electron chi connectivity index (χ4n) is 2.34. The molecule has 0 saturated carbocycles. The third-order valence-corrected chi connectivity index (χ3v) is 4.15. The van der Waals surface area contributed by atoms with Crippen LogP contribution in [0.15, 0.2) is 58.7 Å². The number of amides is 1. The average Bonchev–Trinajstić information content (AvgIpc) is 2.62. The maximum Gasteiger partial charge on any atom is 0.267 e. The van der Waals surface area contributed by atoms with Crippen molar-refractivity contribution >= 4 is 27.5 Å². The van der Waals surface area contributed by atoms with Crippen LogP contribution in [-0.4, -0.2) is 19.6 Å². The number of nitrogens with zero attached hydrogens (tertiary/aromatic N) is 1. The predicted octanol–water partition coefficient (Wildman–Crippen LogP) is 3.94. The van der Waals surface area contributed by atoms with Crippen molar-refractivity contribution in [1.82, 2.24) is 5.32 Å². The zero-order valence-corrected chi connectivity index (χ0v) is 16.3. The summed E-state index contributed by atoms with van der Waals surface area (Å²) >= 11 is 3.43. The number of ether oxygens (including phenoxy) is 1. The molecule has 2 aromatic rings. The fourth-order valence-corrected chi connectivity index (χ4v) is 2.79. The van der Waals surface area contributed by atoms with Crippen molar-refractivity contribution in [3.63, 3.8) is 0 Å². The minimum absolute atomic E-state index is 0.00259. The normalized spacial score (nSPS) is 10.8. The third-order valence-electron chi connectivity index (χ3n) is 3.66. The van der Waals surface area contributed by atoms with E-state index in [4.69, 9.17) is 4.74 Å². The van der Waals surface area contributed by atoms with Crippen molar-refractivity contribution in [2.75, 3.05) is 19.0 Å². The van der Waals surface area contributed by atoms with Gasteiger partial charge in [-0.3, -0.25) is 4.79 Å². The standard InChI is InChI=1S/C20H20BrN3O2/c1-14-6-7-19(26-2)18(10-14)24-20(25)16(12-22)13-23-9-8-15-4-3-5-17(21)11-15/h3-7,10-11,13,23H,8-9H2,1-2H3,(H,24,25)/b16-13-. The number of halogens is 1. The van der Waals surface area contributed by atoms with Crippen LogP contribution in [-0.2, 0) is 11.2 Å². The van der Waals surface area contributed by atoms with Gasteiger partial charge in [0.15, 0.2) is 0 Å². The molecule has 0 aliphatic carbocycles. The number of hydrogen-bond donors (Lipinski definition) is 2. The van der Waals surface area contributed by atoms with Crippen LogP contribution in [0.25, 0.3) is 0 Å². The van der Waals surface area contributed by atoms with Crippen LogP contribution in [0.1, 0.15) is 11.1 Å². The zero-order valence-electron chi connectivity index (χ0n) is 14.7. The lowest BCUT2D eigenvalue weighted by Crippen LogP contribution is -2.18. The van der Waals surface area contributed by atoms with Gasteiger partial charge in [-0.1, -0.05) is 34.1 Å². The second-order valence-electron chi connectivity index (χ2n) is 5.66. The molecule has 2 rings (SSSR count). The first-order valence-corrected chi connectivity index (χ1v) is 8.87. The first-order chi connectivity index (χ1) is 12.5. The summed E-state index contributed by atoms with van der Waals surface area (Å²) in [4.78, 5) is 12.3. The Kier molecular flexibility index (Phi) is 7.24. The molecule has 26 heavy (non-hydrogen) atoms. The van der Waals surface area contributed by atoms with E-state index < -0.39 is 5.91 Å². The minimum Gasteiger partial charge on any atom is -0.495 e. The maximum atomic E-state index is 12.3. The van der Waals surface area contributed by atoms with E-state index in [0.717, 1.165) is 22.0 Å². The molecule has 0 bridgehead atoms. The summed E-state index contributed by atoms with van der Waals surface area (Å²) < 4.78 is 6.26. The van der Waals surface area contributed by atoms with Crippen molar-refractivity contribution in [1.29, 1.82) is 5.26 Å². The molecule has 0 heterocycles. The molecular formula is C20H20BrN3O2. The van der Waals surface area contributed by atoms with E-state index in [2.05, 4.69) is 26.6 Å². The maximum absolute atomic E-state index is 12.3. The van der Waals surface area contributed by atoms with Gasteiger partial charge in [-0.15, -0.1) is 0 Å². The second-order valence-corrected chi connectivity index (χ2v) is 6.58. The number of aryl methyl sites for hydroxylation is 1. The van der Waals surface area contributed by atoms with Crippen LogP contribution in [0.2, 0.25) is 0 Å². The van der Waals surface area contributed by atoms with Crippen molar-refractivity contribution in [3.05, 3.63) is 69.8 Å². The number of carbonyl (C=O) groups excluding carboxylic acids is 1. The van der Waals surface area contributed by atoms with Gasteiger partial charge < -0.3 is 15.4 Å². The highest BCUT2D eigenvalue weighted by molar-refractivity contribution is 9.10. The summed E-state index contributed by atoms with van der Waals surface area (Å²) in [6, 6.07) is 15.4. The van der Waals surface area contributed by atoms with Gasteiger partial charge in [0, 0.05) is 17.2 Å². The van der Waals surface area contributed by atoms with Crippen molar-refractivity contribution in [3.8, 4) is 11.8 Å². The summed E-state index contributed by atoms with van der Waals surface area (Å²) in [6.45, 7) is 2.53. The molecule has 5 nitrogen and oxygen atoms in total. The van der Waals surface area contributed by atoms with Gasteiger partial charge in [-0.2, -0.15) is 5.26 Å². The highest BCUT2D eigenvalue weighted by Gasteiger charge is 2.12. The molecule has 1 amide bonds. The van der Waals surface area contributed by atoms with Crippen molar-refractivity contribution in [2.45, 2.75) is 13.3 Å². The van der Waals surface area contributed by atoms with E-state index in [0.29, 0.717) is 18.0 Å². The van der Waals surface area contributed by atoms with Gasteiger partial charge in [0.25, 0.3) is 5.91 Å². The van der Waals surface area contributed by atoms with E-state index in [1.54, 1.807) is 12.1 Å².